The Morgan fingerprint density at radius 3 is 2.48 bits per heavy atom. The molecule has 8 heteroatoms. The fraction of sp³-hybridized carbons (Fsp3) is 0.438. The molecule has 0 N–H and O–H groups in total. The zero-order valence-corrected chi connectivity index (χ0v) is 24.4. The minimum Gasteiger partial charge on any atom is -0.497 e. The van der Waals surface area contributed by atoms with Gasteiger partial charge in [-0.15, -0.1) is 11.3 Å². The van der Waals surface area contributed by atoms with Crippen LogP contribution in [-0.2, 0) is 32.2 Å². The van der Waals surface area contributed by atoms with Crippen LogP contribution in [0.2, 0.25) is 0 Å². The summed E-state index contributed by atoms with van der Waals surface area (Å²) in [5, 5.41) is 0. The Kier molecular flexibility index (Phi) is 11.1. The predicted octanol–water partition coefficient (Wildman–Crippen LogP) is 7.09. The summed E-state index contributed by atoms with van der Waals surface area (Å²) in [6.07, 6.45) is 5.61. The molecule has 2 heterocycles. The molecule has 7 nitrogen and oxygen atoms in total. The molecule has 0 saturated carbocycles. The summed E-state index contributed by atoms with van der Waals surface area (Å²) < 4.78 is 22.4. The normalized spacial score (nSPS) is 15.8. The number of unbranched alkanes of at least 4 members (excludes halogenated alkanes) is 2. The fourth-order valence-corrected chi connectivity index (χ4v) is 5.77. The molecule has 214 valence electrons. The summed E-state index contributed by atoms with van der Waals surface area (Å²) in [4.78, 5) is 27.9. The number of anilines is 1. The molecule has 3 aromatic rings. The third kappa shape index (κ3) is 7.93. The molecule has 1 aliphatic heterocycles. The summed E-state index contributed by atoms with van der Waals surface area (Å²) in [6, 6.07) is 19.8. The Morgan fingerprint density at radius 1 is 1.00 bits per heavy atom. The topological polar surface area (TPSA) is 74.3 Å². The summed E-state index contributed by atoms with van der Waals surface area (Å²) in [5.74, 6) is 0.602. The van der Waals surface area contributed by atoms with Crippen LogP contribution in [0.5, 0.6) is 5.75 Å². The Labute approximate surface area is 241 Å². The van der Waals surface area contributed by atoms with E-state index in [4.69, 9.17) is 18.9 Å². The lowest BCUT2D eigenvalue weighted by Crippen LogP contribution is -2.36. The molecule has 0 radical (unpaired) electrons. The minimum absolute atomic E-state index is 0.0169. The second-order valence-corrected chi connectivity index (χ2v) is 11.1. The van der Waals surface area contributed by atoms with Crippen LogP contribution in [0.3, 0.4) is 0 Å². The molecule has 40 heavy (non-hydrogen) atoms. The maximum absolute atomic E-state index is 12.8. The van der Waals surface area contributed by atoms with Crippen LogP contribution < -0.4 is 9.64 Å². The van der Waals surface area contributed by atoms with Gasteiger partial charge in [0, 0.05) is 17.0 Å². The summed E-state index contributed by atoms with van der Waals surface area (Å²) in [7, 11) is 3.04. The highest BCUT2D eigenvalue weighted by Crippen LogP contribution is 2.31. The van der Waals surface area contributed by atoms with Crippen molar-refractivity contribution in [3.8, 4) is 5.75 Å². The van der Waals surface area contributed by atoms with Crippen molar-refractivity contribution in [2.24, 2.45) is 0 Å². The number of hydrogen-bond donors (Lipinski definition) is 0. The van der Waals surface area contributed by atoms with E-state index >= 15 is 0 Å². The molecule has 1 amide bonds. The van der Waals surface area contributed by atoms with E-state index in [2.05, 4.69) is 19.1 Å². The van der Waals surface area contributed by atoms with Gasteiger partial charge in [-0.3, -0.25) is 4.79 Å². The molecule has 0 bridgehead atoms. The first kappa shape index (κ1) is 29.8. The zero-order valence-electron chi connectivity index (χ0n) is 23.6. The second kappa shape index (κ2) is 15.0. The number of carbonyl (C=O) groups excluding carboxylic acids is 2. The summed E-state index contributed by atoms with van der Waals surface area (Å²) in [6.45, 7) is 3.56. The Bertz CT molecular complexity index is 1220. The van der Waals surface area contributed by atoms with Crippen LogP contribution in [0.4, 0.5) is 5.69 Å². The molecule has 0 aliphatic carbocycles. The lowest BCUT2D eigenvalue weighted by molar-refractivity contribution is -0.117. The Hall–Kier alpha value is -3.20. The third-order valence-corrected chi connectivity index (χ3v) is 8.19. The number of esters is 1. The van der Waals surface area contributed by atoms with E-state index < -0.39 is 0 Å². The lowest BCUT2D eigenvalue weighted by atomic mass is 10.0. The van der Waals surface area contributed by atoms with Gasteiger partial charge in [0.15, 0.2) is 0 Å². The van der Waals surface area contributed by atoms with Crippen LogP contribution in [0, 0.1) is 0 Å². The summed E-state index contributed by atoms with van der Waals surface area (Å²) in [5.41, 5.74) is 3.10. The first-order chi connectivity index (χ1) is 19.5. The monoisotopic (exact) mass is 565 g/mol. The van der Waals surface area contributed by atoms with Gasteiger partial charge in [0.25, 0.3) is 0 Å². The van der Waals surface area contributed by atoms with Gasteiger partial charge in [0.05, 0.1) is 46.2 Å². The number of hydrogen-bond acceptors (Lipinski definition) is 7. The smallest absolute Gasteiger partial charge is 0.348 e. The van der Waals surface area contributed by atoms with E-state index in [1.807, 2.05) is 47.4 Å². The first-order valence-electron chi connectivity index (χ1n) is 13.9. The van der Waals surface area contributed by atoms with E-state index in [1.54, 1.807) is 13.2 Å². The van der Waals surface area contributed by atoms with Crippen molar-refractivity contribution in [1.82, 2.24) is 0 Å². The Balaban J connectivity index is 1.37. The van der Waals surface area contributed by atoms with Crippen molar-refractivity contribution in [2.45, 2.75) is 70.8 Å². The fourth-order valence-electron chi connectivity index (χ4n) is 4.91. The maximum Gasteiger partial charge on any atom is 0.348 e. The van der Waals surface area contributed by atoms with Gasteiger partial charge < -0.3 is 23.8 Å². The number of nitrogens with zero attached hydrogens (tertiary/aromatic N) is 1. The van der Waals surface area contributed by atoms with Crippen LogP contribution in [-0.4, -0.2) is 38.7 Å². The van der Waals surface area contributed by atoms with Crippen LogP contribution in [0.1, 0.15) is 77.2 Å². The largest absolute Gasteiger partial charge is 0.497 e. The van der Waals surface area contributed by atoms with Gasteiger partial charge in [-0.1, -0.05) is 50.5 Å². The van der Waals surface area contributed by atoms with Crippen molar-refractivity contribution in [2.75, 3.05) is 25.7 Å². The van der Waals surface area contributed by atoms with Gasteiger partial charge in [0.2, 0.25) is 5.91 Å². The molecule has 1 saturated heterocycles. The molecule has 0 spiro atoms. The van der Waals surface area contributed by atoms with Crippen molar-refractivity contribution >= 4 is 28.9 Å². The van der Waals surface area contributed by atoms with Crippen LogP contribution in [0.25, 0.3) is 0 Å². The molecular weight excluding hydrogens is 526 g/mol. The molecule has 1 fully saturated rings. The number of ether oxygens (including phenoxy) is 4. The molecule has 2 atom stereocenters. The van der Waals surface area contributed by atoms with Gasteiger partial charge in [0.1, 0.15) is 10.6 Å². The van der Waals surface area contributed by atoms with Crippen LogP contribution >= 0.6 is 11.3 Å². The van der Waals surface area contributed by atoms with Crippen molar-refractivity contribution in [3.63, 3.8) is 0 Å². The Morgan fingerprint density at radius 2 is 1.77 bits per heavy atom. The van der Waals surface area contributed by atoms with Gasteiger partial charge in [-0.05, 0) is 60.4 Å². The third-order valence-electron chi connectivity index (χ3n) is 7.15. The summed E-state index contributed by atoms with van der Waals surface area (Å²) >= 11 is 1.36. The van der Waals surface area contributed by atoms with Crippen molar-refractivity contribution < 1.29 is 28.5 Å². The highest BCUT2D eigenvalue weighted by molar-refractivity contribution is 7.13. The van der Waals surface area contributed by atoms with Gasteiger partial charge >= 0.3 is 5.97 Å². The number of benzene rings is 2. The van der Waals surface area contributed by atoms with Crippen molar-refractivity contribution in [1.29, 1.82) is 0 Å². The molecule has 4 rings (SSSR count). The number of carbonyl (C=O) groups is 2. The highest BCUT2D eigenvalue weighted by Gasteiger charge is 2.32. The van der Waals surface area contributed by atoms with Crippen molar-refractivity contribution in [3.05, 3.63) is 81.5 Å². The van der Waals surface area contributed by atoms with E-state index in [0.29, 0.717) is 31.1 Å². The van der Waals surface area contributed by atoms with Gasteiger partial charge in [-0.25, -0.2) is 4.79 Å². The van der Waals surface area contributed by atoms with E-state index in [1.165, 1.54) is 24.9 Å². The van der Waals surface area contributed by atoms with Gasteiger partial charge in [-0.2, -0.15) is 0 Å². The number of methoxy groups -OCH3 is 2. The van der Waals surface area contributed by atoms with Crippen LogP contribution in [0.15, 0.2) is 60.7 Å². The molecule has 1 unspecified atom stereocenters. The SMILES string of the molecule is CCCCCC(OCc1ccc(OC)cc1)c1ccc(N2C(=O)CC[C@@H]2COCc2ccc(C(=O)OC)s2)cc1. The van der Waals surface area contributed by atoms with E-state index in [-0.39, 0.29) is 24.0 Å². The number of amides is 1. The average Bonchev–Trinajstić information content (AvgIpc) is 3.61. The molecule has 1 aliphatic rings. The number of thiophene rings is 1. The molecule has 2 aromatic carbocycles. The number of rotatable bonds is 15. The average molecular weight is 566 g/mol. The van der Waals surface area contributed by atoms with E-state index in [9.17, 15) is 9.59 Å². The van der Waals surface area contributed by atoms with E-state index in [0.717, 1.165) is 53.1 Å². The minimum atomic E-state index is -0.342. The standard InChI is InChI=1S/C32H39NO6S/c1-4-5-6-7-29(39-20-23-8-15-27(36-2)16-9-23)24-10-12-25(13-11-24)33-26(14-19-31(33)34)21-38-22-28-17-18-30(40-28)32(35)37-3/h8-13,15-18,26,29H,4-7,14,19-22H2,1-3H3/t26-,29?/m1/s1. The highest BCUT2D eigenvalue weighted by atomic mass is 32.1. The molecule has 1 aromatic heterocycles. The zero-order chi connectivity index (χ0) is 28.3. The first-order valence-corrected chi connectivity index (χ1v) is 14.7. The predicted molar refractivity (Wildman–Crippen MR) is 157 cm³/mol. The maximum atomic E-state index is 12.8. The lowest BCUT2D eigenvalue weighted by Gasteiger charge is -2.26. The quantitative estimate of drug-likeness (QED) is 0.145. The second-order valence-electron chi connectivity index (χ2n) is 9.96. The molecular formula is C32H39NO6S.